The number of carbonyl (C=O) groups excluding carboxylic acids is 1. The number of halogens is 1. The summed E-state index contributed by atoms with van der Waals surface area (Å²) in [7, 11) is 0. The van der Waals surface area contributed by atoms with Gasteiger partial charge in [-0.15, -0.1) is 0 Å². The zero-order chi connectivity index (χ0) is 13.7. The van der Waals surface area contributed by atoms with E-state index < -0.39 is 0 Å². The Morgan fingerprint density at radius 1 is 1.47 bits per heavy atom. The molecule has 0 aromatic heterocycles. The number of alkyl halides is 1. The molecule has 1 saturated heterocycles. The number of piperidine rings is 1. The van der Waals surface area contributed by atoms with Crippen molar-refractivity contribution in [1.29, 1.82) is 5.26 Å². The molecule has 0 radical (unpaired) electrons. The monoisotopic (exact) mass is 320 g/mol. The Morgan fingerprint density at radius 3 is 3.05 bits per heavy atom. The van der Waals surface area contributed by atoms with Crippen molar-refractivity contribution in [2.75, 3.05) is 11.9 Å². The molecule has 0 aliphatic carbocycles. The highest BCUT2D eigenvalue weighted by atomic mass is 79.9. The summed E-state index contributed by atoms with van der Waals surface area (Å²) >= 11 is 3.46. The lowest BCUT2D eigenvalue weighted by Gasteiger charge is -2.35. The average molecular weight is 321 g/mol. The first-order valence-corrected chi connectivity index (χ1v) is 7.75. The summed E-state index contributed by atoms with van der Waals surface area (Å²) in [6, 6.07) is 9.38. The van der Waals surface area contributed by atoms with Gasteiger partial charge >= 0.3 is 0 Å². The van der Waals surface area contributed by atoms with Gasteiger partial charge in [-0.3, -0.25) is 4.79 Å². The first-order chi connectivity index (χ1) is 9.26. The first kappa shape index (κ1) is 14.1. The predicted molar refractivity (Wildman–Crippen MR) is 78.2 cm³/mol. The summed E-state index contributed by atoms with van der Waals surface area (Å²) in [4.78, 5) is 14.5. The van der Waals surface area contributed by atoms with Gasteiger partial charge in [0.05, 0.1) is 11.6 Å². The van der Waals surface area contributed by atoms with Gasteiger partial charge in [0.1, 0.15) is 0 Å². The van der Waals surface area contributed by atoms with Gasteiger partial charge in [0, 0.05) is 23.5 Å². The van der Waals surface area contributed by atoms with Crippen LogP contribution in [-0.4, -0.2) is 28.7 Å². The lowest BCUT2D eigenvalue weighted by Crippen LogP contribution is -2.43. The van der Waals surface area contributed by atoms with Crippen molar-refractivity contribution in [2.24, 2.45) is 0 Å². The van der Waals surface area contributed by atoms with E-state index in [9.17, 15) is 4.79 Å². The third-order valence-electron chi connectivity index (χ3n) is 3.57. The fourth-order valence-corrected chi connectivity index (χ4v) is 3.11. The van der Waals surface area contributed by atoms with E-state index in [0.29, 0.717) is 17.2 Å². The maximum Gasteiger partial charge on any atom is 0.254 e. The van der Waals surface area contributed by atoms with Crippen LogP contribution in [0.25, 0.3) is 0 Å². The van der Waals surface area contributed by atoms with Crippen molar-refractivity contribution < 1.29 is 4.79 Å². The molecule has 1 unspecified atom stereocenters. The second kappa shape index (κ2) is 6.72. The lowest BCUT2D eigenvalue weighted by molar-refractivity contribution is 0.0610. The van der Waals surface area contributed by atoms with Gasteiger partial charge in [0.2, 0.25) is 0 Å². The Balaban J connectivity index is 2.18. The molecule has 3 nitrogen and oxygen atoms in total. The molecule has 19 heavy (non-hydrogen) atoms. The molecule has 1 fully saturated rings. The van der Waals surface area contributed by atoms with Crippen LogP contribution in [0.15, 0.2) is 24.3 Å². The van der Waals surface area contributed by atoms with Gasteiger partial charge < -0.3 is 4.90 Å². The van der Waals surface area contributed by atoms with E-state index in [1.54, 1.807) is 24.3 Å². The van der Waals surface area contributed by atoms with Crippen LogP contribution in [0.3, 0.4) is 0 Å². The number of hydrogen-bond donors (Lipinski definition) is 0. The molecule has 1 heterocycles. The van der Waals surface area contributed by atoms with E-state index in [1.165, 1.54) is 6.42 Å². The van der Waals surface area contributed by atoms with E-state index in [1.807, 2.05) is 4.90 Å². The summed E-state index contributed by atoms with van der Waals surface area (Å²) in [5.74, 6) is 0.0581. The summed E-state index contributed by atoms with van der Waals surface area (Å²) in [5, 5.41) is 9.83. The van der Waals surface area contributed by atoms with Crippen molar-refractivity contribution in [1.82, 2.24) is 4.90 Å². The van der Waals surface area contributed by atoms with Crippen molar-refractivity contribution in [3.05, 3.63) is 35.4 Å². The number of carbonyl (C=O) groups is 1. The zero-order valence-corrected chi connectivity index (χ0v) is 12.4. The van der Waals surface area contributed by atoms with Crippen LogP contribution in [-0.2, 0) is 0 Å². The highest BCUT2D eigenvalue weighted by Gasteiger charge is 2.26. The van der Waals surface area contributed by atoms with Gasteiger partial charge in [0.25, 0.3) is 5.91 Å². The van der Waals surface area contributed by atoms with Crippen molar-refractivity contribution in [2.45, 2.75) is 31.7 Å². The quantitative estimate of drug-likeness (QED) is 0.802. The van der Waals surface area contributed by atoms with Crippen LogP contribution in [0, 0.1) is 11.3 Å². The minimum Gasteiger partial charge on any atom is -0.336 e. The van der Waals surface area contributed by atoms with Crippen LogP contribution in [0.1, 0.15) is 41.6 Å². The highest BCUT2D eigenvalue weighted by Crippen LogP contribution is 2.22. The van der Waals surface area contributed by atoms with Gasteiger partial charge in [0.15, 0.2) is 0 Å². The minimum atomic E-state index is 0.0581. The predicted octanol–water partition coefficient (Wildman–Crippen LogP) is 3.34. The fourth-order valence-electron chi connectivity index (χ4n) is 2.58. The van der Waals surface area contributed by atoms with Gasteiger partial charge in [-0.1, -0.05) is 22.0 Å². The van der Waals surface area contributed by atoms with Crippen molar-refractivity contribution >= 4 is 21.8 Å². The summed E-state index contributed by atoms with van der Waals surface area (Å²) in [6.07, 6.45) is 4.33. The molecular weight excluding hydrogens is 304 g/mol. The number of likely N-dealkylation sites (tertiary alicyclic amines) is 1. The van der Waals surface area contributed by atoms with E-state index in [2.05, 4.69) is 22.0 Å². The second-order valence-corrected chi connectivity index (χ2v) is 5.61. The molecule has 0 N–H and O–H groups in total. The molecule has 1 aliphatic heterocycles. The molecule has 0 spiro atoms. The third-order valence-corrected chi connectivity index (χ3v) is 4.03. The molecule has 4 heteroatoms. The largest absolute Gasteiger partial charge is 0.336 e. The summed E-state index contributed by atoms with van der Waals surface area (Å²) in [5.41, 5.74) is 1.17. The molecule has 0 saturated carbocycles. The molecule has 2 rings (SSSR count). The Hall–Kier alpha value is -1.34. The van der Waals surface area contributed by atoms with Gasteiger partial charge in [-0.05, 0) is 43.9 Å². The normalized spacial score (nSPS) is 18.9. The first-order valence-electron chi connectivity index (χ1n) is 6.63. The zero-order valence-electron chi connectivity index (χ0n) is 10.8. The number of nitriles is 1. The summed E-state index contributed by atoms with van der Waals surface area (Å²) < 4.78 is 0. The molecule has 0 bridgehead atoms. The number of hydrogen-bond acceptors (Lipinski definition) is 2. The third kappa shape index (κ3) is 3.36. The fraction of sp³-hybridized carbons (Fsp3) is 0.467. The topological polar surface area (TPSA) is 44.1 Å². The van der Waals surface area contributed by atoms with Crippen LogP contribution in [0.4, 0.5) is 0 Å². The molecule has 1 aromatic carbocycles. The van der Waals surface area contributed by atoms with Crippen LogP contribution in [0.5, 0.6) is 0 Å². The molecule has 1 atom stereocenters. The molecule has 1 aliphatic rings. The van der Waals surface area contributed by atoms with E-state index in [-0.39, 0.29) is 5.91 Å². The van der Waals surface area contributed by atoms with Crippen LogP contribution >= 0.6 is 15.9 Å². The maximum absolute atomic E-state index is 12.6. The Morgan fingerprint density at radius 2 is 2.32 bits per heavy atom. The maximum atomic E-state index is 12.6. The second-order valence-electron chi connectivity index (χ2n) is 4.82. The van der Waals surface area contributed by atoms with Crippen LogP contribution in [0.2, 0.25) is 0 Å². The molecule has 1 amide bonds. The standard InChI is InChI=1S/C15H17BrN2O/c16-8-7-14-6-1-2-9-18(14)15(19)13-5-3-4-12(10-13)11-17/h3-5,10,14H,1-2,6-9H2. The number of rotatable bonds is 3. The minimum absolute atomic E-state index is 0.0581. The van der Waals surface area contributed by atoms with Crippen LogP contribution < -0.4 is 0 Å². The van der Waals surface area contributed by atoms with Gasteiger partial charge in [-0.2, -0.15) is 5.26 Å². The van der Waals surface area contributed by atoms with Gasteiger partial charge in [-0.25, -0.2) is 0 Å². The Bertz CT molecular complexity index is 493. The van der Waals surface area contributed by atoms with Crippen molar-refractivity contribution in [3.8, 4) is 6.07 Å². The number of amides is 1. The number of nitrogens with zero attached hydrogens (tertiary/aromatic N) is 2. The van der Waals surface area contributed by atoms with E-state index in [0.717, 1.165) is 31.1 Å². The van der Waals surface area contributed by atoms with E-state index >= 15 is 0 Å². The molecule has 1 aromatic rings. The smallest absolute Gasteiger partial charge is 0.254 e. The average Bonchev–Trinajstić information content (AvgIpc) is 2.47. The molecule has 100 valence electrons. The summed E-state index contributed by atoms with van der Waals surface area (Å²) in [6.45, 7) is 0.827. The Kier molecular flexibility index (Phi) is 4.98. The van der Waals surface area contributed by atoms with E-state index in [4.69, 9.17) is 5.26 Å². The lowest BCUT2D eigenvalue weighted by atomic mass is 9.98. The van der Waals surface area contributed by atoms with Crippen molar-refractivity contribution in [3.63, 3.8) is 0 Å². The SMILES string of the molecule is N#Cc1cccc(C(=O)N2CCCCC2CCBr)c1. The highest BCUT2D eigenvalue weighted by molar-refractivity contribution is 9.09. The number of benzene rings is 1. The molecular formula is C15H17BrN2O. The Labute approximate surface area is 122 Å².